The number of hydrogen-bond acceptors (Lipinski definition) is 3. The lowest BCUT2D eigenvalue weighted by molar-refractivity contribution is 0.0404. The van der Waals surface area contributed by atoms with Crippen LogP contribution in [0.2, 0.25) is 0 Å². The fourth-order valence-corrected chi connectivity index (χ4v) is 2.93. The number of methoxy groups -OCH3 is 1. The molecule has 1 unspecified atom stereocenters. The van der Waals surface area contributed by atoms with E-state index in [9.17, 15) is 0 Å². The second kappa shape index (κ2) is 6.58. The highest BCUT2D eigenvalue weighted by molar-refractivity contribution is 4.74. The summed E-state index contributed by atoms with van der Waals surface area (Å²) in [6.07, 6.45) is 7.16. The van der Waals surface area contributed by atoms with Crippen LogP contribution in [0.25, 0.3) is 0 Å². The highest BCUT2D eigenvalue weighted by atomic mass is 16.5. The zero-order valence-electron chi connectivity index (χ0n) is 10.6. The van der Waals surface area contributed by atoms with Gasteiger partial charge in [-0.05, 0) is 57.7 Å². The quantitative estimate of drug-likeness (QED) is 0.768. The fourth-order valence-electron chi connectivity index (χ4n) is 2.93. The van der Waals surface area contributed by atoms with Gasteiger partial charge in [0.2, 0.25) is 0 Å². The monoisotopic (exact) mass is 226 g/mol. The average Bonchev–Trinajstić information content (AvgIpc) is 2.83. The summed E-state index contributed by atoms with van der Waals surface area (Å²) in [6, 6.07) is 0. The maximum absolute atomic E-state index is 5.39. The Balaban J connectivity index is 1.53. The summed E-state index contributed by atoms with van der Waals surface area (Å²) in [7, 11) is 1.84. The van der Waals surface area contributed by atoms with Crippen LogP contribution in [0.1, 0.15) is 32.1 Å². The van der Waals surface area contributed by atoms with Crippen molar-refractivity contribution >= 4 is 0 Å². The summed E-state index contributed by atoms with van der Waals surface area (Å²) in [5, 5.41) is 3.44. The first-order valence-corrected chi connectivity index (χ1v) is 6.84. The Morgan fingerprint density at radius 1 is 1.25 bits per heavy atom. The molecule has 2 aliphatic heterocycles. The number of nitrogens with zero attached hydrogens (tertiary/aromatic N) is 1. The van der Waals surface area contributed by atoms with E-state index >= 15 is 0 Å². The molecule has 0 amide bonds. The Morgan fingerprint density at radius 3 is 2.69 bits per heavy atom. The summed E-state index contributed by atoms with van der Waals surface area (Å²) >= 11 is 0. The molecule has 2 aliphatic rings. The molecule has 2 rings (SSSR count). The van der Waals surface area contributed by atoms with Gasteiger partial charge < -0.3 is 15.0 Å². The second-order valence-corrected chi connectivity index (χ2v) is 5.28. The van der Waals surface area contributed by atoms with Gasteiger partial charge in [0.25, 0.3) is 0 Å². The molecule has 0 aromatic rings. The number of piperidine rings is 1. The van der Waals surface area contributed by atoms with Gasteiger partial charge in [-0.25, -0.2) is 0 Å². The molecule has 94 valence electrons. The van der Waals surface area contributed by atoms with Crippen LogP contribution in [0.5, 0.6) is 0 Å². The van der Waals surface area contributed by atoms with E-state index in [0.29, 0.717) is 6.10 Å². The van der Waals surface area contributed by atoms with Crippen LogP contribution in [-0.4, -0.2) is 50.8 Å². The Hall–Kier alpha value is -0.120. The van der Waals surface area contributed by atoms with Crippen LogP contribution >= 0.6 is 0 Å². The predicted molar refractivity (Wildman–Crippen MR) is 66.7 cm³/mol. The Kier molecular flexibility index (Phi) is 5.07. The van der Waals surface area contributed by atoms with E-state index in [1.54, 1.807) is 0 Å². The molecule has 1 atom stereocenters. The van der Waals surface area contributed by atoms with Crippen molar-refractivity contribution in [2.24, 2.45) is 5.92 Å². The topological polar surface area (TPSA) is 24.5 Å². The minimum atomic E-state index is 0.523. The van der Waals surface area contributed by atoms with Crippen LogP contribution in [0.15, 0.2) is 0 Å². The van der Waals surface area contributed by atoms with E-state index < -0.39 is 0 Å². The van der Waals surface area contributed by atoms with E-state index in [0.717, 1.165) is 5.92 Å². The van der Waals surface area contributed by atoms with Gasteiger partial charge in [0, 0.05) is 20.2 Å². The molecule has 2 saturated heterocycles. The largest absolute Gasteiger partial charge is 0.381 e. The number of ether oxygens (including phenoxy) is 1. The Bertz CT molecular complexity index is 184. The average molecular weight is 226 g/mol. The molecule has 0 radical (unpaired) electrons. The SMILES string of the molecule is COC1CCN(CCCC2CCNC2)CC1. The lowest BCUT2D eigenvalue weighted by Gasteiger charge is -2.31. The minimum absolute atomic E-state index is 0.523. The third kappa shape index (κ3) is 3.72. The predicted octanol–water partition coefficient (Wildman–Crippen LogP) is 1.49. The smallest absolute Gasteiger partial charge is 0.0595 e. The van der Waals surface area contributed by atoms with Crippen molar-refractivity contribution in [1.82, 2.24) is 10.2 Å². The molecule has 2 heterocycles. The van der Waals surface area contributed by atoms with Crippen molar-refractivity contribution < 1.29 is 4.74 Å². The molecule has 0 saturated carbocycles. The zero-order valence-corrected chi connectivity index (χ0v) is 10.6. The van der Waals surface area contributed by atoms with Gasteiger partial charge in [-0.3, -0.25) is 0 Å². The fraction of sp³-hybridized carbons (Fsp3) is 1.00. The summed E-state index contributed by atoms with van der Waals surface area (Å²) in [5.74, 6) is 0.955. The molecule has 1 N–H and O–H groups in total. The minimum Gasteiger partial charge on any atom is -0.381 e. The maximum Gasteiger partial charge on any atom is 0.0595 e. The van der Waals surface area contributed by atoms with Crippen molar-refractivity contribution in [2.45, 2.75) is 38.2 Å². The van der Waals surface area contributed by atoms with E-state index in [4.69, 9.17) is 4.74 Å². The summed E-state index contributed by atoms with van der Waals surface area (Å²) < 4.78 is 5.39. The van der Waals surface area contributed by atoms with Gasteiger partial charge in [0.05, 0.1) is 6.10 Å². The van der Waals surface area contributed by atoms with Crippen molar-refractivity contribution in [2.75, 3.05) is 39.8 Å². The van der Waals surface area contributed by atoms with Crippen LogP contribution in [0.4, 0.5) is 0 Å². The normalized spacial score (nSPS) is 28.7. The molecular weight excluding hydrogens is 200 g/mol. The molecule has 0 aromatic carbocycles. The number of hydrogen-bond donors (Lipinski definition) is 1. The molecule has 16 heavy (non-hydrogen) atoms. The summed E-state index contributed by atoms with van der Waals surface area (Å²) in [5.41, 5.74) is 0. The Morgan fingerprint density at radius 2 is 2.06 bits per heavy atom. The van der Waals surface area contributed by atoms with Crippen LogP contribution in [0.3, 0.4) is 0 Å². The number of rotatable bonds is 5. The van der Waals surface area contributed by atoms with E-state index in [1.807, 2.05) is 7.11 Å². The Labute approximate surface area is 99.5 Å². The lowest BCUT2D eigenvalue weighted by atomic mass is 10.0. The number of likely N-dealkylation sites (tertiary alicyclic amines) is 1. The molecule has 3 heteroatoms. The first-order valence-electron chi connectivity index (χ1n) is 6.84. The molecule has 0 aromatic heterocycles. The molecule has 3 nitrogen and oxygen atoms in total. The van der Waals surface area contributed by atoms with Crippen LogP contribution in [-0.2, 0) is 4.74 Å². The second-order valence-electron chi connectivity index (χ2n) is 5.28. The summed E-state index contributed by atoms with van der Waals surface area (Å²) in [6.45, 7) is 6.27. The van der Waals surface area contributed by atoms with Gasteiger partial charge in [-0.1, -0.05) is 0 Å². The van der Waals surface area contributed by atoms with Crippen molar-refractivity contribution in [3.63, 3.8) is 0 Å². The first kappa shape index (κ1) is 12.3. The zero-order chi connectivity index (χ0) is 11.2. The van der Waals surface area contributed by atoms with Gasteiger partial charge in [-0.2, -0.15) is 0 Å². The van der Waals surface area contributed by atoms with Gasteiger partial charge in [-0.15, -0.1) is 0 Å². The number of nitrogens with one attached hydrogen (secondary N) is 1. The van der Waals surface area contributed by atoms with Crippen LogP contribution in [0, 0.1) is 5.92 Å². The van der Waals surface area contributed by atoms with Gasteiger partial charge in [0.1, 0.15) is 0 Å². The van der Waals surface area contributed by atoms with E-state index in [1.165, 1.54) is 64.8 Å². The lowest BCUT2D eigenvalue weighted by Crippen LogP contribution is -2.37. The van der Waals surface area contributed by atoms with Crippen molar-refractivity contribution in [3.05, 3.63) is 0 Å². The first-order chi connectivity index (χ1) is 7.88. The third-order valence-corrected chi connectivity index (χ3v) is 4.12. The highest BCUT2D eigenvalue weighted by Gasteiger charge is 2.19. The molecule has 0 spiro atoms. The van der Waals surface area contributed by atoms with Gasteiger partial charge >= 0.3 is 0 Å². The van der Waals surface area contributed by atoms with Gasteiger partial charge in [0.15, 0.2) is 0 Å². The maximum atomic E-state index is 5.39. The van der Waals surface area contributed by atoms with Crippen molar-refractivity contribution in [3.8, 4) is 0 Å². The van der Waals surface area contributed by atoms with E-state index in [-0.39, 0.29) is 0 Å². The van der Waals surface area contributed by atoms with E-state index in [2.05, 4.69) is 10.2 Å². The van der Waals surface area contributed by atoms with Crippen molar-refractivity contribution in [1.29, 1.82) is 0 Å². The molecular formula is C13H26N2O. The van der Waals surface area contributed by atoms with Crippen LogP contribution < -0.4 is 5.32 Å². The molecule has 2 fully saturated rings. The summed E-state index contributed by atoms with van der Waals surface area (Å²) in [4.78, 5) is 2.61. The third-order valence-electron chi connectivity index (χ3n) is 4.12. The molecule has 0 bridgehead atoms. The standard InChI is InChI=1S/C13H26N2O/c1-16-13-5-9-15(10-6-13)8-2-3-12-4-7-14-11-12/h12-14H,2-11H2,1H3. The molecule has 0 aliphatic carbocycles. The highest BCUT2D eigenvalue weighted by Crippen LogP contribution is 2.17.